The van der Waals surface area contributed by atoms with E-state index in [9.17, 15) is 21.2 Å². The first-order valence-electron chi connectivity index (χ1n) is 9.29. The highest BCUT2D eigenvalue weighted by Crippen LogP contribution is 2.34. The Morgan fingerprint density at radius 1 is 0.839 bits per heavy atom. The van der Waals surface area contributed by atoms with Gasteiger partial charge in [-0.15, -0.1) is 0 Å². The number of hydrogen-bond acceptors (Lipinski definition) is 5. The molecule has 0 aliphatic heterocycles. The second-order valence-electron chi connectivity index (χ2n) is 7.39. The Bertz CT molecular complexity index is 1540. The molecule has 31 heavy (non-hydrogen) atoms. The minimum atomic E-state index is -3.93. The molecule has 0 aliphatic rings. The van der Waals surface area contributed by atoms with E-state index in [2.05, 4.69) is 4.98 Å². The summed E-state index contributed by atoms with van der Waals surface area (Å²) >= 11 is 0. The van der Waals surface area contributed by atoms with E-state index >= 15 is 0 Å². The molecule has 0 bridgehead atoms. The zero-order valence-corrected chi connectivity index (χ0v) is 18.6. The molecule has 6 nitrogen and oxygen atoms in total. The van der Waals surface area contributed by atoms with Crippen molar-refractivity contribution in [1.29, 1.82) is 0 Å². The number of rotatable bonds is 4. The standard InChI is InChI=1S/C22H19FN2O4S2/c1-14-4-6-16(7-5-14)31(28,29)25-11-10-18-19(12-15(2)24-22(18)25)20-13-17(30(3,26)27)8-9-21(20)23/h4-13H,1-3H3. The van der Waals surface area contributed by atoms with Crippen LogP contribution in [0.3, 0.4) is 0 Å². The molecular weight excluding hydrogens is 439 g/mol. The number of hydrogen-bond donors (Lipinski definition) is 0. The maximum atomic E-state index is 14.7. The van der Waals surface area contributed by atoms with Crippen LogP contribution in [0.1, 0.15) is 11.3 Å². The van der Waals surface area contributed by atoms with E-state index < -0.39 is 25.7 Å². The lowest BCUT2D eigenvalue weighted by Crippen LogP contribution is -2.12. The van der Waals surface area contributed by atoms with Gasteiger partial charge in [0.15, 0.2) is 15.5 Å². The first-order valence-corrected chi connectivity index (χ1v) is 12.6. The number of fused-ring (bicyclic) bond motifs is 1. The van der Waals surface area contributed by atoms with Crippen molar-refractivity contribution in [1.82, 2.24) is 8.96 Å². The molecule has 4 rings (SSSR count). The minimum absolute atomic E-state index is 0.0294. The zero-order chi connectivity index (χ0) is 22.6. The van der Waals surface area contributed by atoms with E-state index in [-0.39, 0.29) is 21.0 Å². The van der Waals surface area contributed by atoms with E-state index in [1.54, 1.807) is 25.1 Å². The Morgan fingerprint density at radius 3 is 2.13 bits per heavy atom. The molecule has 9 heteroatoms. The predicted octanol–water partition coefficient (Wildman–Crippen LogP) is 4.10. The van der Waals surface area contributed by atoms with Crippen molar-refractivity contribution in [3.8, 4) is 11.1 Å². The van der Waals surface area contributed by atoms with Crippen molar-refractivity contribution in [3.63, 3.8) is 0 Å². The van der Waals surface area contributed by atoms with E-state index in [1.807, 2.05) is 6.92 Å². The Morgan fingerprint density at radius 2 is 1.48 bits per heavy atom. The maximum absolute atomic E-state index is 14.7. The largest absolute Gasteiger partial charge is 0.269 e. The van der Waals surface area contributed by atoms with Crippen LogP contribution in [0.4, 0.5) is 4.39 Å². The topological polar surface area (TPSA) is 86.1 Å². The highest BCUT2D eigenvalue weighted by atomic mass is 32.2. The van der Waals surface area contributed by atoms with Crippen LogP contribution in [-0.4, -0.2) is 32.0 Å². The average Bonchev–Trinajstić information content (AvgIpc) is 3.12. The Balaban J connectivity index is 1.98. The van der Waals surface area contributed by atoms with Gasteiger partial charge in [-0.3, -0.25) is 0 Å². The van der Waals surface area contributed by atoms with Gasteiger partial charge in [-0.2, -0.15) is 0 Å². The summed E-state index contributed by atoms with van der Waals surface area (Å²) in [4.78, 5) is 4.45. The van der Waals surface area contributed by atoms with E-state index in [0.717, 1.165) is 21.9 Å². The molecule has 0 fully saturated rings. The van der Waals surface area contributed by atoms with Gasteiger partial charge >= 0.3 is 0 Å². The first-order chi connectivity index (χ1) is 14.5. The average molecular weight is 459 g/mol. The number of halogens is 1. The van der Waals surface area contributed by atoms with Crippen molar-refractivity contribution in [2.75, 3.05) is 6.26 Å². The lowest BCUT2D eigenvalue weighted by Gasteiger charge is -2.11. The predicted molar refractivity (Wildman–Crippen MR) is 117 cm³/mol. The molecule has 4 aromatic rings. The van der Waals surface area contributed by atoms with Gasteiger partial charge in [-0.1, -0.05) is 17.7 Å². The van der Waals surface area contributed by atoms with E-state index in [4.69, 9.17) is 0 Å². The van der Waals surface area contributed by atoms with Crippen LogP contribution in [0.2, 0.25) is 0 Å². The molecule has 0 saturated carbocycles. The third-order valence-electron chi connectivity index (χ3n) is 4.99. The molecule has 0 spiro atoms. The molecule has 0 amide bonds. The normalized spacial score (nSPS) is 12.4. The highest BCUT2D eigenvalue weighted by Gasteiger charge is 2.22. The third-order valence-corrected chi connectivity index (χ3v) is 7.78. The molecule has 0 radical (unpaired) electrons. The fourth-order valence-corrected chi connectivity index (χ4v) is 5.34. The lowest BCUT2D eigenvalue weighted by molar-refractivity contribution is 0.588. The van der Waals surface area contributed by atoms with Crippen LogP contribution >= 0.6 is 0 Å². The highest BCUT2D eigenvalue weighted by molar-refractivity contribution is 7.90. The number of pyridine rings is 1. The molecule has 0 aliphatic carbocycles. The van der Waals surface area contributed by atoms with Gasteiger partial charge in [0.1, 0.15) is 5.82 Å². The van der Waals surface area contributed by atoms with Crippen LogP contribution < -0.4 is 0 Å². The molecular formula is C22H19FN2O4S2. The first kappa shape index (κ1) is 21.2. The molecule has 2 aromatic heterocycles. The summed E-state index contributed by atoms with van der Waals surface area (Å²) in [5, 5.41) is 0.394. The summed E-state index contributed by atoms with van der Waals surface area (Å²) in [5.74, 6) is -0.617. The molecule has 2 aromatic carbocycles. The van der Waals surface area contributed by atoms with Crippen LogP contribution in [-0.2, 0) is 19.9 Å². The second-order valence-corrected chi connectivity index (χ2v) is 11.2. The van der Waals surface area contributed by atoms with E-state index in [0.29, 0.717) is 16.6 Å². The summed E-state index contributed by atoms with van der Waals surface area (Å²) < 4.78 is 66.1. The molecule has 2 heterocycles. The van der Waals surface area contributed by atoms with Crippen LogP contribution in [0.15, 0.2) is 70.6 Å². The zero-order valence-electron chi connectivity index (χ0n) is 17.0. The number of aromatic nitrogens is 2. The third kappa shape index (κ3) is 3.75. The Kier molecular flexibility index (Phi) is 4.98. The van der Waals surface area contributed by atoms with Crippen molar-refractivity contribution in [2.24, 2.45) is 0 Å². The monoisotopic (exact) mass is 458 g/mol. The van der Waals surface area contributed by atoms with Crippen LogP contribution in [0, 0.1) is 19.7 Å². The maximum Gasteiger partial charge on any atom is 0.269 e. The summed E-state index contributed by atoms with van der Waals surface area (Å²) in [6.07, 6.45) is 2.41. The van der Waals surface area contributed by atoms with Crippen LogP contribution in [0.25, 0.3) is 22.2 Å². The number of aryl methyl sites for hydroxylation is 2. The van der Waals surface area contributed by atoms with Gasteiger partial charge in [0.2, 0.25) is 0 Å². The summed E-state index contributed by atoms with van der Waals surface area (Å²) in [6.45, 7) is 3.52. The van der Waals surface area contributed by atoms with Crippen molar-refractivity contribution < 1.29 is 21.2 Å². The molecule has 160 valence electrons. The van der Waals surface area contributed by atoms with E-state index in [1.165, 1.54) is 36.5 Å². The van der Waals surface area contributed by atoms with Crippen LogP contribution in [0.5, 0.6) is 0 Å². The molecule has 0 N–H and O–H groups in total. The van der Waals surface area contributed by atoms with Crippen molar-refractivity contribution in [3.05, 3.63) is 77.9 Å². The summed E-state index contributed by atoms with van der Waals surface area (Å²) in [5.41, 5.74) is 1.95. The quantitative estimate of drug-likeness (QED) is 0.430. The molecule has 0 saturated heterocycles. The smallest absolute Gasteiger partial charge is 0.234 e. The fourth-order valence-electron chi connectivity index (χ4n) is 3.39. The summed E-state index contributed by atoms with van der Waals surface area (Å²) in [6, 6.07) is 13.1. The minimum Gasteiger partial charge on any atom is -0.234 e. The SMILES string of the molecule is Cc1ccc(S(=O)(=O)n2ccc3c(-c4cc(S(C)(=O)=O)ccc4F)cc(C)nc32)cc1. The van der Waals surface area contributed by atoms with Gasteiger partial charge in [-0.25, -0.2) is 30.2 Å². The van der Waals surface area contributed by atoms with Crippen molar-refractivity contribution >= 4 is 30.9 Å². The van der Waals surface area contributed by atoms with Gasteiger partial charge in [0, 0.05) is 29.1 Å². The lowest BCUT2D eigenvalue weighted by atomic mass is 10.0. The number of sulfone groups is 1. The van der Waals surface area contributed by atoms with Crippen molar-refractivity contribution in [2.45, 2.75) is 23.6 Å². The fraction of sp³-hybridized carbons (Fsp3) is 0.136. The second kappa shape index (κ2) is 7.28. The summed E-state index contributed by atoms with van der Waals surface area (Å²) in [7, 11) is -7.49. The molecule has 0 atom stereocenters. The molecule has 0 unspecified atom stereocenters. The van der Waals surface area contributed by atoms with Gasteiger partial charge < -0.3 is 0 Å². The Labute approximate surface area is 180 Å². The Hall–Kier alpha value is -3.04. The van der Waals surface area contributed by atoms with Gasteiger partial charge in [-0.05, 0) is 61.9 Å². The van der Waals surface area contributed by atoms with Gasteiger partial charge in [0.05, 0.1) is 9.79 Å². The number of nitrogens with zero attached hydrogens (tertiary/aromatic N) is 2. The van der Waals surface area contributed by atoms with Gasteiger partial charge in [0.25, 0.3) is 10.0 Å². The number of benzene rings is 2.